The van der Waals surface area contributed by atoms with Crippen LogP contribution in [0.1, 0.15) is 42.4 Å². The van der Waals surface area contributed by atoms with Gasteiger partial charge >= 0.3 is 0 Å². The summed E-state index contributed by atoms with van der Waals surface area (Å²) in [6, 6.07) is 28.2. The van der Waals surface area contributed by atoms with Gasteiger partial charge in [-0.15, -0.1) is 0 Å². The lowest BCUT2D eigenvalue weighted by Crippen LogP contribution is -2.13. The topological polar surface area (TPSA) is 12.4 Å². The van der Waals surface area contributed by atoms with E-state index < -0.39 is 0 Å². The van der Waals surface area contributed by atoms with Crippen LogP contribution in [0, 0.1) is 5.92 Å². The summed E-state index contributed by atoms with van der Waals surface area (Å²) >= 11 is 1.85. The number of thioether (sulfide) groups is 1. The van der Waals surface area contributed by atoms with E-state index in [1.165, 1.54) is 26.5 Å². The van der Waals surface area contributed by atoms with Crippen molar-refractivity contribution in [2.24, 2.45) is 10.9 Å². The Balaban J connectivity index is 1.41. The predicted octanol–water partition coefficient (Wildman–Crippen LogP) is 7.89. The molecule has 3 aromatic carbocycles. The fourth-order valence-electron chi connectivity index (χ4n) is 4.23. The van der Waals surface area contributed by atoms with Gasteiger partial charge in [-0.1, -0.05) is 104 Å². The van der Waals surface area contributed by atoms with Gasteiger partial charge in [-0.3, -0.25) is 0 Å². The lowest BCUT2D eigenvalue weighted by Gasteiger charge is -2.26. The smallest absolute Gasteiger partial charge is 0.0779 e. The summed E-state index contributed by atoms with van der Waals surface area (Å²) in [6.07, 6.45) is 6.91. The molecule has 1 aliphatic carbocycles. The number of allylic oxidation sites excluding steroid dienone is 4. The monoisotopic (exact) mass is 407 g/mol. The number of aliphatic imine (C=N–C) groups is 1. The van der Waals surface area contributed by atoms with Gasteiger partial charge in [-0.25, -0.2) is 4.99 Å². The first-order chi connectivity index (χ1) is 14.7. The van der Waals surface area contributed by atoms with Crippen molar-refractivity contribution in [3.63, 3.8) is 0 Å². The molecule has 0 N–H and O–H groups in total. The minimum Gasteiger partial charge on any atom is -0.247 e. The summed E-state index contributed by atoms with van der Waals surface area (Å²) in [5.74, 6) is 1.21. The molecule has 3 atom stereocenters. The van der Waals surface area contributed by atoms with Gasteiger partial charge in [0.1, 0.15) is 0 Å². The highest BCUT2D eigenvalue weighted by atomic mass is 32.2. The molecule has 5 rings (SSSR count). The molecule has 2 aliphatic rings. The molecule has 1 aliphatic heterocycles. The van der Waals surface area contributed by atoms with Gasteiger partial charge < -0.3 is 0 Å². The van der Waals surface area contributed by atoms with Gasteiger partial charge in [0.05, 0.1) is 11.4 Å². The highest BCUT2D eigenvalue weighted by molar-refractivity contribution is 8.04. The van der Waals surface area contributed by atoms with Crippen LogP contribution in [0.3, 0.4) is 0 Å². The van der Waals surface area contributed by atoms with Gasteiger partial charge in [-0.05, 0) is 40.8 Å². The molecule has 1 nitrogen and oxygen atoms in total. The first-order valence-corrected chi connectivity index (χ1v) is 11.4. The van der Waals surface area contributed by atoms with Crippen LogP contribution in [0.15, 0.2) is 112 Å². The zero-order valence-corrected chi connectivity index (χ0v) is 18.1. The molecule has 0 fully saturated rings. The van der Waals surface area contributed by atoms with Crippen molar-refractivity contribution in [1.29, 1.82) is 0 Å². The molecule has 0 bridgehead atoms. The molecular formula is C28H25NS. The van der Waals surface area contributed by atoms with Crippen LogP contribution in [0.2, 0.25) is 0 Å². The first kappa shape index (κ1) is 19.1. The van der Waals surface area contributed by atoms with E-state index in [1.54, 1.807) is 0 Å². The number of nitrogens with zero attached hydrogens (tertiary/aromatic N) is 1. The fraction of sp³-hybridized carbons (Fsp3) is 0.179. The maximum atomic E-state index is 5.01. The highest BCUT2D eigenvalue weighted by Gasteiger charge is 2.24. The summed E-state index contributed by atoms with van der Waals surface area (Å²) in [4.78, 5) is 7.54. The Kier molecular flexibility index (Phi) is 5.18. The van der Waals surface area contributed by atoms with Crippen molar-refractivity contribution in [1.82, 2.24) is 0 Å². The predicted molar refractivity (Wildman–Crippen MR) is 129 cm³/mol. The Morgan fingerprint density at radius 2 is 1.50 bits per heavy atom. The van der Waals surface area contributed by atoms with E-state index in [-0.39, 0.29) is 0 Å². The molecular weight excluding hydrogens is 382 g/mol. The molecule has 0 spiro atoms. The second-order valence-electron chi connectivity index (χ2n) is 8.13. The van der Waals surface area contributed by atoms with Crippen LogP contribution in [0.5, 0.6) is 0 Å². The van der Waals surface area contributed by atoms with Crippen LogP contribution >= 0.6 is 11.8 Å². The minimum absolute atomic E-state index is 0.358. The van der Waals surface area contributed by atoms with E-state index in [0.29, 0.717) is 17.8 Å². The van der Waals surface area contributed by atoms with Crippen LogP contribution in [-0.2, 0) is 0 Å². The fourth-order valence-corrected chi connectivity index (χ4v) is 5.25. The maximum absolute atomic E-state index is 5.01. The van der Waals surface area contributed by atoms with E-state index >= 15 is 0 Å². The van der Waals surface area contributed by atoms with Crippen molar-refractivity contribution in [2.45, 2.75) is 30.6 Å². The Labute approximate surface area is 183 Å². The lowest BCUT2D eigenvalue weighted by molar-refractivity contribution is 0.645. The largest absolute Gasteiger partial charge is 0.247 e. The number of fused-ring (bicyclic) bond motifs is 2. The van der Waals surface area contributed by atoms with Crippen molar-refractivity contribution >= 4 is 23.2 Å². The van der Waals surface area contributed by atoms with Gasteiger partial charge in [0, 0.05) is 21.6 Å². The standard InChI is InChI=1S/C28H25NS/c1-19(21-9-5-3-6-10-21)23-14-16-27-26(17-23)29-25-15-13-24(18-28(25)30-27)20(2)22-11-7-4-8-12-22/h3-20,24H,1-2H3. The van der Waals surface area contributed by atoms with Gasteiger partial charge in [0.15, 0.2) is 0 Å². The maximum Gasteiger partial charge on any atom is 0.0779 e. The van der Waals surface area contributed by atoms with E-state index in [2.05, 4.69) is 111 Å². The first-order valence-electron chi connectivity index (χ1n) is 10.6. The van der Waals surface area contributed by atoms with Crippen molar-refractivity contribution in [3.05, 3.63) is 119 Å². The molecule has 0 amide bonds. The van der Waals surface area contributed by atoms with E-state index in [4.69, 9.17) is 4.99 Å². The number of hydrogen-bond acceptors (Lipinski definition) is 2. The summed E-state index contributed by atoms with van der Waals surface area (Å²) in [7, 11) is 0. The lowest BCUT2D eigenvalue weighted by atomic mass is 9.85. The zero-order valence-electron chi connectivity index (χ0n) is 17.3. The van der Waals surface area contributed by atoms with Gasteiger partial charge in [0.25, 0.3) is 0 Å². The van der Waals surface area contributed by atoms with Crippen LogP contribution in [0.4, 0.5) is 5.69 Å². The normalized spacial score (nSPS) is 19.2. The molecule has 148 valence electrons. The van der Waals surface area contributed by atoms with E-state index in [0.717, 1.165) is 11.4 Å². The Hall–Kier alpha value is -2.84. The summed E-state index contributed by atoms with van der Waals surface area (Å²) in [6.45, 7) is 4.57. The summed E-state index contributed by atoms with van der Waals surface area (Å²) < 4.78 is 0. The third-order valence-corrected chi connectivity index (χ3v) is 7.35. The highest BCUT2D eigenvalue weighted by Crippen LogP contribution is 2.45. The Morgan fingerprint density at radius 1 is 0.800 bits per heavy atom. The Morgan fingerprint density at radius 3 is 2.23 bits per heavy atom. The van der Waals surface area contributed by atoms with Crippen molar-refractivity contribution in [2.75, 3.05) is 0 Å². The SMILES string of the molecule is CC(c1ccccc1)c1ccc2c(c1)N=C1C=CC(C(C)c3ccccc3)C=C1S2. The quantitative estimate of drug-likeness (QED) is 0.428. The average molecular weight is 408 g/mol. The minimum atomic E-state index is 0.358. The molecule has 0 radical (unpaired) electrons. The molecule has 1 heterocycles. The van der Waals surface area contributed by atoms with Crippen molar-refractivity contribution in [3.8, 4) is 0 Å². The zero-order chi connectivity index (χ0) is 20.5. The third kappa shape index (κ3) is 3.68. The van der Waals surface area contributed by atoms with Crippen LogP contribution in [-0.4, -0.2) is 5.71 Å². The molecule has 0 aromatic heterocycles. The number of rotatable bonds is 4. The summed E-state index contributed by atoms with van der Waals surface area (Å²) in [5.41, 5.74) is 6.21. The molecule has 2 heteroatoms. The van der Waals surface area contributed by atoms with Gasteiger partial charge in [0.2, 0.25) is 0 Å². The molecule has 3 aromatic rings. The third-order valence-electron chi connectivity index (χ3n) is 6.22. The molecule has 3 unspecified atom stereocenters. The molecule has 0 saturated heterocycles. The molecule has 30 heavy (non-hydrogen) atoms. The van der Waals surface area contributed by atoms with Crippen LogP contribution in [0.25, 0.3) is 0 Å². The van der Waals surface area contributed by atoms with E-state index in [1.807, 2.05) is 11.8 Å². The van der Waals surface area contributed by atoms with E-state index in [9.17, 15) is 0 Å². The van der Waals surface area contributed by atoms with Crippen molar-refractivity contribution < 1.29 is 0 Å². The Bertz CT molecular complexity index is 1140. The summed E-state index contributed by atoms with van der Waals surface area (Å²) in [5, 5.41) is 0. The second-order valence-corrected chi connectivity index (χ2v) is 9.21. The number of hydrogen-bond donors (Lipinski definition) is 0. The second kappa shape index (κ2) is 8.12. The van der Waals surface area contributed by atoms with Gasteiger partial charge in [-0.2, -0.15) is 0 Å². The molecule has 0 saturated carbocycles. The number of benzene rings is 3. The average Bonchev–Trinajstić information content (AvgIpc) is 2.82. The van der Waals surface area contributed by atoms with Crippen LogP contribution < -0.4 is 0 Å².